The molecule has 0 saturated heterocycles. The zero-order chi connectivity index (χ0) is 19.6. The number of para-hydroxylation sites is 1. The van der Waals surface area contributed by atoms with Crippen LogP contribution in [0.25, 0.3) is 22.3 Å². The molecule has 3 aromatic rings. The van der Waals surface area contributed by atoms with Crippen molar-refractivity contribution >= 4 is 18.6 Å². The van der Waals surface area contributed by atoms with Gasteiger partial charge in [-0.25, -0.2) is 0 Å². The number of ether oxygens (including phenoxy) is 1. The van der Waals surface area contributed by atoms with Gasteiger partial charge in [-0.05, 0) is 37.6 Å². The Kier molecular flexibility index (Phi) is 5.37. The predicted octanol–water partition coefficient (Wildman–Crippen LogP) is 4.03. The summed E-state index contributed by atoms with van der Waals surface area (Å²) in [4.78, 5) is 22.6. The van der Waals surface area contributed by atoms with Crippen LogP contribution >= 0.6 is 7.60 Å². The fourth-order valence-corrected chi connectivity index (χ4v) is 3.35. The first-order valence-electron chi connectivity index (χ1n) is 8.27. The standard InChI is InChI=1S/C19H19O7P/c1-3-25-27(22,23)11-24-19-17(21)14-6-4-5-7-16(14)26-18(19)13-9-8-12(2)15(20)10-13/h4-10,20H,3,11H2,1-2H3,(H,22,23). The number of aromatic hydroxyl groups is 1. The van der Waals surface area contributed by atoms with Gasteiger partial charge in [-0.2, -0.15) is 0 Å². The van der Waals surface area contributed by atoms with E-state index >= 15 is 0 Å². The van der Waals surface area contributed by atoms with E-state index in [2.05, 4.69) is 0 Å². The Hall–Kier alpha value is -2.60. The molecule has 7 nitrogen and oxygen atoms in total. The van der Waals surface area contributed by atoms with Gasteiger partial charge < -0.3 is 23.7 Å². The lowest BCUT2D eigenvalue weighted by Crippen LogP contribution is -2.12. The summed E-state index contributed by atoms with van der Waals surface area (Å²) in [7, 11) is -4.02. The molecule has 1 unspecified atom stereocenters. The Morgan fingerprint density at radius 2 is 1.93 bits per heavy atom. The minimum Gasteiger partial charge on any atom is -0.508 e. The minimum atomic E-state index is -4.02. The summed E-state index contributed by atoms with van der Waals surface area (Å²) in [5, 5.41) is 10.3. The molecular formula is C19H19O7P. The van der Waals surface area contributed by atoms with E-state index in [4.69, 9.17) is 13.7 Å². The van der Waals surface area contributed by atoms with Gasteiger partial charge in [0.15, 0.2) is 12.1 Å². The zero-order valence-corrected chi connectivity index (χ0v) is 15.7. The number of aryl methyl sites for hydroxylation is 1. The molecule has 3 rings (SSSR count). The van der Waals surface area contributed by atoms with E-state index in [0.29, 0.717) is 16.7 Å². The van der Waals surface area contributed by atoms with Crippen LogP contribution < -0.4 is 10.2 Å². The van der Waals surface area contributed by atoms with Gasteiger partial charge in [-0.15, -0.1) is 0 Å². The molecule has 0 radical (unpaired) electrons. The summed E-state index contributed by atoms with van der Waals surface area (Å²) in [6, 6.07) is 11.4. The van der Waals surface area contributed by atoms with E-state index in [1.54, 1.807) is 50.2 Å². The first kappa shape index (κ1) is 19.2. The second-order valence-electron chi connectivity index (χ2n) is 5.92. The molecular weight excluding hydrogens is 371 g/mol. The van der Waals surface area contributed by atoms with Crippen LogP contribution in [0.4, 0.5) is 0 Å². The summed E-state index contributed by atoms with van der Waals surface area (Å²) in [6.45, 7) is 3.34. The van der Waals surface area contributed by atoms with E-state index in [1.807, 2.05) is 0 Å². The van der Waals surface area contributed by atoms with Crippen molar-refractivity contribution in [1.29, 1.82) is 0 Å². The molecule has 0 saturated carbocycles. The highest BCUT2D eigenvalue weighted by molar-refractivity contribution is 7.52. The fourth-order valence-electron chi connectivity index (χ4n) is 2.58. The third-order valence-corrected chi connectivity index (χ3v) is 5.05. The van der Waals surface area contributed by atoms with Crippen LogP contribution in [-0.2, 0) is 9.09 Å². The highest BCUT2D eigenvalue weighted by atomic mass is 31.2. The maximum Gasteiger partial charge on any atom is 0.365 e. The third-order valence-electron chi connectivity index (χ3n) is 3.93. The lowest BCUT2D eigenvalue weighted by Gasteiger charge is -2.15. The summed E-state index contributed by atoms with van der Waals surface area (Å²) < 4.78 is 27.9. The molecule has 142 valence electrons. The van der Waals surface area contributed by atoms with Crippen LogP contribution in [0.1, 0.15) is 12.5 Å². The molecule has 27 heavy (non-hydrogen) atoms. The van der Waals surface area contributed by atoms with Crippen molar-refractivity contribution in [1.82, 2.24) is 0 Å². The second kappa shape index (κ2) is 7.56. The van der Waals surface area contributed by atoms with Crippen LogP contribution in [0.2, 0.25) is 0 Å². The molecule has 2 N–H and O–H groups in total. The molecule has 0 bridgehead atoms. The van der Waals surface area contributed by atoms with E-state index in [0.717, 1.165) is 0 Å². The van der Waals surface area contributed by atoms with Gasteiger partial charge in [-0.1, -0.05) is 24.3 Å². The minimum absolute atomic E-state index is 0.0244. The van der Waals surface area contributed by atoms with Gasteiger partial charge in [0, 0.05) is 5.56 Å². The molecule has 0 aliphatic heterocycles. The van der Waals surface area contributed by atoms with Crippen molar-refractivity contribution in [3.05, 3.63) is 58.3 Å². The van der Waals surface area contributed by atoms with Crippen LogP contribution in [-0.4, -0.2) is 23.0 Å². The van der Waals surface area contributed by atoms with Crippen LogP contribution in [0.15, 0.2) is 51.7 Å². The van der Waals surface area contributed by atoms with E-state index < -0.39 is 19.4 Å². The average molecular weight is 390 g/mol. The first-order valence-corrected chi connectivity index (χ1v) is 10.0. The lowest BCUT2D eigenvalue weighted by molar-refractivity contribution is 0.239. The molecule has 0 fully saturated rings. The molecule has 1 heterocycles. The zero-order valence-electron chi connectivity index (χ0n) is 14.8. The number of benzene rings is 2. The molecule has 0 aliphatic rings. The van der Waals surface area contributed by atoms with Crippen molar-refractivity contribution in [2.45, 2.75) is 13.8 Å². The topological polar surface area (TPSA) is 106 Å². The van der Waals surface area contributed by atoms with E-state index in [-0.39, 0.29) is 29.3 Å². The van der Waals surface area contributed by atoms with Crippen molar-refractivity contribution in [3.63, 3.8) is 0 Å². The van der Waals surface area contributed by atoms with E-state index in [9.17, 15) is 19.4 Å². The Bertz CT molecular complexity index is 1090. The van der Waals surface area contributed by atoms with Crippen molar-refractivity contribution in [2.75, 3.05) is 13.0 Å². The monoisotopic (exact) mass is 390 g/mol. The molecule has 8 heteroatoms. The predicted molar refractivity (Wildman–Crippen MR) is 101 cm³/mol. The summed E-state index contributed by atoms with van der Waals surface area (Å²) >= 11 is 0. The lowest BCUT2D eigenvalue weighted by atomic mass is 10.1. The number of phenolic OH excluding ortho intramolecular Hbond substituents is 1. The number of fused-ring (bicyclic) bond motifs is 1. The summed E-state index contributed by atoms with van der Waals surface area (Å²) in [5.74, 6) is -0.132. The first-order chi connectivity index (χ1) is 12.8. The Morgan fingerprint density at radius 3 is 2.63 bits per heavy atom. The van der Waals surface area contributed by atoms with Gasteiger partial charge in [-0.3, -0.25) is 9.36 Å². The highest BCUT2D eigenvalue weighted by Crippen LogP contribution is 2.42. The van der Waals surface area contributed by atoms with Crippen LogP contribution in [0.5, 0.6) is 11.5 Å². The SMILES string of the molecule is CCOP(=O)(O)COc1c(-c2ccc(C)c(O)c2)oc2ccccc2c1=O. The van der Waals surface area contributed by atoms with Crippen LogP contribution in [0.3, 0.4) is 0 Å². The van der Waals surface area contributed by atoms with E-state index in [1.165, 1.54) is 6.07 Å². The van der Waals surface area contributed by atoms with Crippen LogP contribution in [0, 0.1) is 6.92 Å². The Morgan fingerprint density at radius 1 is 1.19 bits per heavy atom. The molecule has 1 aromatic heterocycles. The Balaban J connectivity index is 2.16. The van der Waals surface area contributed by atoms with Gasteiger partial charge in [0.25, 0.3) is 0 Å². The van der Waals surface area contributed by atoms with Crippen molar-refractivity contribution in [2.24, 2.45) is 0 Å². The quantitative estimate of drug-likeness (QED) is 0.612. The number of phenols is 1. The average Bonchev–Trinajstić information content (AvgIpc) is 2.63. The largest absolute Gasteiger partial charge is 0.508 e. The van der Waals surface area contributed by atoms with Crippen molar-refractivity contribution in [3.8, 4) is 22.8 Å². The van der Waals surface area contributed by atoms with Gasteiger partial charge in [0.05, 0.1) is 12.0 Å². The molecule has 1 atom stereocenters. The number of hydrogen-bond donors (Lipinski definition) is 2. The highest BCUT2D eigenvalue weighted by Gasteiger charge is 2.24. The molecule has 2 aromatic carbocycles. The maximum atomic E-state index is 12.9. The fraction of sp³-hybridized carbons (Fsp3) is 0.211. The number of hydrogen-bond acceptors (Lipinski definition) is 6. The summed E-state index contributed by atoms with van der Waals surface area (Å²) in [5.41, 5.74) is 0.908. The van der Waals surface area contributed by atoms with Crippen molar-refractivity contribution < 1.29 is 28.2 Å². The van der Waals surface area contributed by atoms with Gasteiger partial charge >= 0.3 is 7.60 Å². The van der Waals surface area contributed by atoms with Gasteiger partial charge in [0.1, 0.15) is 11.3 Å². The summed E-state index contributed by atoms with van der Waals surface area (Å²) in [6.07, 6.45) is -0.700. The smallest absolute Gasteiger partial charge is 0.365 e. The van der Waals surface area contributed by atoms with Gasteiger partial charge in [0.2, 0.25) is 11.2 Å². The molecule has 0 aliphatic carbocycles. The number of rotatable bonds is 6. The molecule has 0 amide bonds. The third kappa shape index (κ3) is 4.06. The second-order valence-corrected chi connectivity index (χ2v) is 7.71. The molecule has 0 spiro atoms. The maximum absolute atomic E-state index is 12.9. The Labute approximate surface area is 155 Å². The normalized spacial score (nSPS) is 13.4.